The van der Waals surface area contributed by atoms with E-state index in [4.69, 9.17) is 9.47 Å². The standard InChI is InChI=1S/C16H22FNO3/c1-4-20-10-18(12-8-9-12)16(19)15-13(17)6-5-7-14(15)21-11(2)3/h5-7,11-12H,4,8-10H2,1-3H3. The van der Waals surface area contributed by atoms with Crippen LogP contribution in [0.15, 0.2) is 18.2 Å². The Kier molecular flexibility index (Phi) is 5.17. The molecule has 1 amide bonds. The number of rotatable bonds is 7. The van der Waals surface area contributed by atoms with E-state index in [2.05, 4.69) is 0 Å². The number of amides is 1. The number of carbonyl (C=O) groups excluding carboxylic acids is 1. The lowest BCUT2D eigenvalue weighted by molar-refractivity contribution is 0.0245. The monoisotopic (exact) mass is 295 g/mol. The molecule has 0 radical (unpaired) electrons. The number of hydrogen-bond donors (Lipinski definition) is 0. The van der Waals surface area contributed by atoms with Crippen molar-refractivity contribution >= 4 is 5.91 Å². The minimum absolute atomic E-state index is 0.00203. The Morgan fingerprint density at radius 3 is 2.71 bits per heavy atom. The van der Waals surface area contributed by atoms with Crippen LogP contribution in [0.1, 0.15) is 44.0 Å². The van der Waals surface area contributed by atoms with Gasteiger partial charge in [-0.25, -0.2) is 4.39 Å². The molecule has 0 bridgehead atoms. The summed E-state index contributed by atoms with van der Waals surface area (Å²) < 4.78 is 25.1. The van der Waals surface area contributed by atoms with Crippen LogP contribution in [0.2, 0.25) is 0 Å². The van der Waals surface area contributed by atoms with Gasteiger partial charge in [0.2, 0.25) is 0 Å². The summed E-state index contributed by atoms with van der Waals surface area (Å²) in [6, 6.07) is 4.61. The van der Waals surface area contributed by atoms with Gasteiger partial charge >= 0.3 is 0 Å². The Morgan fingerprint density at radius 2 is 2.14 bits per heavy atom. The second kappa shape index (κ2) is 6.89. The molecule has 0 aliphatic heterocycles. The molecule has 4 nitrogen and oxygen atoms in total. The molecule has 5 heteroatoms. The first-order valence-electron chi connectivity index (χ1n) is 7.38. The van der Waals surface area contributed by atoms with Crippen molar-refractivity contribution in [3.05, 3.63) is 29.6 Å². The second-order valence-electron chi connectivity index (χ2n) is 5.41. The van der Waals surface area contributed by atoms with E-state index in [0.717, 1.165) is 12.8 Å². The maximum absolute atomic E-state index is 14.1. The zero-order valence-electron chi connectivity index (χ0n) is 12.8. The molecular weight excluding hydrogens is 273 g/mol. The molecule has 0 heterocycles. The van der Waals surface area contributed by atoms with Gasteiger partial charge in [0.1, 0.15) is 23.9 Å². The highest BCUT2D eigenvalue weighted by molar-refractivity contribution is 5.97. The lowest BCUT2D eigenvalue weighted by atomic mass is 10.1. The summed E-state index contributed by atoms with van der Waals surface area (Å²) in [5, 5.41) is 0. The fraction of sp³-hybridized carbons (Fsp3) is 0.562. The van der Waals surface area contributed by atoms with Gasteiger partial charge in [-0.1, -0.05) is 6.07 Å². The molecule has 0 saturated heterocycles. The Bertz CT molecular complexity index is 500. The number of carbonyl (C=O) groups is 1. The van der Waals surface area contributed by atoms with Gasteiger partial charge in [-0.2, -0.15) is 0 Å². The largest absolute Gasteiger partial charge is 0.490 e. The summed E-state index contributed by atoms with van der Waals surface area (Å²) in [5.74, 6) is -0.628. The molecular formula is C16H22FNO3. The van der Waals surface area contributed by atoms with Crippen molar-refractivity contribution in [3.63, 3.8) is 0 Å². The highest BCUT2D eigenvalue weighted by Gasteiger charge is 2.35. The zero-order chi connectivity index (χ0) is 15.4. The number of halogens is 1. The van der Waals surface area contributed by atoms with Crippen molar-refractivity contribution in [1.29, 1.82) is 0 Å². The van der Waals surface area contributed by atoms with Gasteiger partial charge in [0.05, 0.1) is 6.10 Å². The van der Waals surface area contributed by atoms with Crippen LogP contribution in [-0.4, -0.2) is 36.3 Å². The predicted octanol–water partition coefficient (Wildman–Crippen LogP) is 3.21. The molecule has 0 unspecified atom stereocenters. The van der Waals surface area contributed by atoms with E-state index in [1.807, 2.05) is 20.8 Å². The summed E-state index contributed by atoms with van der Waals surface area (Å²) in [7, 11) is 0. The maximum atomic E-state index is 14.1. The summed E-state index contributed by atoms with van der Waals surface area (Å²) in [6.45, 7) is 6.26. The molecule has 0 spiro atoms. The van der Waals surface area contributed by atoms with Crippen LogP contribution in [0, 0.1) is 5.82 Å². The van der Waals surface area contributed by atoms with Gasteiger partial charge in [-0.3, -0.25) is 4.79 Å². The third-order valence-corrected chi connectivity index (χ3v) is 3.23. The molecule has 0 atom stereocenters. The smallest absolute Gasteiger partial charge is 0.262 e. The third kappa shape index (κ3) is 3.94. The molecule has 0 N–H and O–H groups in total. The normalized spacial score (nSPS) is 14.3. The summed E-state index contributed by atoms with van der Waals surface area (Å²) >= 11 is 0. The first kappa shape index (κ1) is 15.8. The van der Waals surface area contributed by atoms with Crippen LogP contribution in [0.3, 0.4) is 0 Å². The number of hydrogen-bond acceptors (Lipinski definition) is 3. The van der Waals surface area contributed by atoms with Crippen molar-refractivity contribution in [2.75, 3.05) is 13.3 Å². The van der Waals surface area contributed by atoms with Crippen LogP contribution in [0.25, 0.3) is 0 Å². The predicted molar refractivity (Wildman–Crippen MR) is 77.8 cm³/mol. The van der Waals surface area contributed by atoms with Gasteiger partial charge in [0.15, 0.2) is 0 Å². The third-order valence-electron chi connectivity index (χ3n) is 3.23. The molecule has 1 aliphatic carbocycles. The average molecular weight is 295 g/mol. The van der Waals surface area contributed by atoms with Crippen LogP contribution in [0.4, 0.5) is 4.39 Å². The van der Waals surface area contributed by atoms with Crippen LogP contribution in [0.5, 0.6) is 5.75 Å². The van der Waals surface area contributed by atoms with Gasteiger partial charge in [-0.05, 0) is 45.7 Å². The molecule has 1 fully saturated rings. The lowest BCUT2D eigenvalue weighted by Gasteiger charge is -2.24. The van der Waals surface area contributed by atoms with Crippen LogP contribution in [-0.2, 0) is 4.74 Å². The Labute approximate surface area is 124 Å². The molecule has 1 saturated carbocycles. The Morgan fingerprint density at radius 1 is 1.43 bits per heavy atom. The lowest BCUT2D eigenvalue weighted by Crippen LogP contribution is -2.36. The topological polar surface area (TPSA) is 38.8 Å². The first-order valence-corrected chi connectivity index (χ1v) is 7.38. The van der Waals surface area contributed by atoms with Gasteiger partial charge in [0, 0.05) is 12.6 Å². The average Bonchev–Trinajstić information content (AvgIpc) is 3.23. The summed E-state index contributed by atoms with van der Waals surface area (Å²) in [4.78, 5) is 14.3. The van der Waals surface area contributed by atoms with E-state index in [9.17, 15) is 9.18 Å². The van der Waals surface area contributed by atoms with Crippen molar-refractivity contribution in [3.8, 4) is 5.75 Å². The van der Waals surface area contributed by atoms with E-state index < -0.39 is 5.82 Å². The molecule has 116 valence electrons. The van der Waals surface area contributed by atoms with Gasteiger partial charge < -0.3 is 14.4 Å². The fourth-order valence-corrected chi connectivity index (χ4v) is 2.11. The molecule has 1 aliphatic rings. The van der Waals surface area contributed by atoms with Crippen LogP contribution >= 0.6 is 0 Å². The second-order valence-corrected chi connectivity index (χ2v) is 5.41. The van der Waals surface area contributed by atoms with Gasteiger partial charge in [-0.15, -0.1) is 0 Å². The minimum atomic E-state index is -0.555. The number of nitrogens with zero attached hydrogens (tertiary/aromatic N) is 1. The SMILES string of the molecule is CCOCN(C(=O)c1c(F)cccc1OC(C)C)C1CC1. The maximum Gasteiger partial charge on any atom is 0.262 e. The highest BCUT2D eigenvalue weighted by atomic mass is 19.1. The van der Waals surface area contributed by atoms with Crippen molar-refractivity contribution in [1.82, 2.24) is 4.90 Å². The Hall–Kier alpha value is -1.62. The molecule has 0 aromatic heterocycles. The van der Waals surface area contributed by atoms with Crippen LogP contribution < -0.4 is 4.74 Å². The molecule has 21 heavy (non-hydrogen) atoms. The van der Waals surface area contributed by atoms with Crippen molar-refractivity contribution in [2.45, 2.75) is 45.8 Å². The zero-order valence-corrected chi connectivity index (χ0v) is 12.8. The fourth-order valence-electron chi connectivity index (χ4n) is 2.11. The van der Waals surface area contributed by atoms with E-state index in [1.165, 1.54) is 6.07 Å². The van der Waals surface area contributed by atoms with E-state index in [1.54, 1.807) is 17.0 Å². The number of ether oxygens (including phenoxy) is 2. The minimum Gasteiger partial charge on any atom is -0.490 e. The molecule has 1 aromatic carbocycles. The van der Waals surface area contributed by atoms with Crippen molar-refractivity contribution < 1.29 is 18.7 Å². The quantitative estimate of drug-likeness (QED) is 0.725. The Balaban J connectivity index is 2.27. The molecule has 2 rings (SSSR count). The van der Waals surface area contributed by atoms with E-state index in [-0.39, 0.29) is 36.1 Å². The molecule has 1 aromatic rings. The van der Waals surface area contributed by atoms with E-state index in [0.29, 0.717) is 6.61 Å². The summed E-state index contributed by atoms with van der Waals surface area (Å²) in [6.07, 6.45) is 1.75. The van der Waals surface area contributed by atoms with E-state index >= 15 is 0 Å². The highest BCUT2D eigenvalue weighted by Crippen LogP contribution is 2.31. The number of benzene rings is 1. The van der Waals surface area contributed by atoms with Crippen molar-refractivity contribution in [2.24, 2.45) is 0 Å². The first-order chi connectivity index (χ1) is 10.0. The summed E-state index contributed by atoms with van der Waals surface area (Å²) in [5.41, 5.74) is -0.00203. The van der Waals surface area contributed by atoms with Gasteiger partial charge in [0.25, 0.3) is 5.91 Å².